The van der Waals surface area contributed by atoms with E-state index in [0.29, 0.717) is 0 Å². The van der Waals surface area contributed by atoms with E-state index >= 15 is 0 Å². The van der Waals surface area contributed by atoms with Gasteiger partial charge < -0.3 is 9.88 Å². The van der Waals surface area contributed by atoms with Crippen molar-refractivity contribution < 1.29 is 0 Å². The van der Waals surface area contributed by atoms with Gasteiger partial charge in [0.2, 0.25) is 5.95 Å². The van der Waals surface area contributed by atoms with Crippen LogP contribution in [-0.4, -0.2) is 9.55 Å². The van der Waals surface area contributed by atoms with Crippen molar-refractivity contribution in [2.24, 2.45) is 7.05 Å². The van der Waals surface area contributed by atoms with Crippen LogP contribution in [0.15, 0.2) is 54.7 Å². The Balaban J connectivity index is 1.75. The number of anilines is 1. The van der Waals surface area contributed by atoms with Crippen molar-refractivity contribution in [1.82, 2.24) is 9.55 Å². The minimum absolute atomic E-state index is 0.739. The third-order valence-corrected chi connectivity index (χ3v) is 3.95. The van der Waals surface area contributed by atoms with Crippen molar-refractivity contribution in [3.63, 3.8) is 0 Å². The molecule has 0 bridgehead atoms. The van der Waals surface area contributed by atoms with Crippen molar-refractivity contribution in [2.45, 2.75) is 13.5 Å². The van der Waals surface area contributed by atoms with Gasteiger partial charge in [0.25, 0.3) is 0 Å². The summed E-state index contributed by atoms with van der Waals surface area (Å²) in [6.07, 6.45) is 1.88. The summed E-state index contributed by atoms with van der Waals surface area (Å²) in [6.45, 7) is 2.85. The van der Waals surface area contributed by atoms with Crippen LogP contribution in [0.25, 0.3) is 11.3 Å². The van der Waals surface area contributed by atoms with Gasteiger partial charge in [-0.2, -0.15) is 0 Å². The first kappa shape index (κ1) is 14.7. The zero-order valence-electron chi connectivity index (χ0n) is 12.7. The highest BCUT2D eigenvalue weighted by Gasteiger charge is 2.08. The van der Waals surface area contributed by atoms with E-state index in [2.05, 4.69) is 46.1 Å². The summed E-state index contributed by atoms with van der Waals surface area (Å²) >= 11 is 5.94. The number of nitrogens with one attached hydrogen (secondary N) is 1. The molecule has 0 aliphatic carbocycles. The molecule has 3 nitrogen and oxygen atoms in total. The van der Waals surface area contributed by atoms with Gasteiger partial charge >= 0.3 is 0 Å². The first-order valence-corrected chi connectivity index (χ1v) is 7.58. The van der Waals surface area contributed by atoms with E-state index in [1.165, 1.54) is 11.1 Å². The summed E-state index contributed by atoms with van der Waals surface area (Å²) in [5.74, 6) is 0.852. The van der Waals surface area contributed by atoms with Crippen molar-refractivity contribution >= 4 is 17.5 Å². The molecule has 0 aliphatic rings. The van der Waals surface area contributed by atoms with E-state index in [4.69, 9.17) is 11.6 Å². The fourth-order valence-electron chi connectivity index (χ4n) is 2.35. The molecule has 4 heteroatoms. The highest BCUT2D eigenvalue weighted by Crippen LogP contribution is 2.23. The maximum atomic E-state index is 5.94. The van der Waals surface area contributed by atoms with Gasteiger partial charge in [0.15, 0.2) is 0 Å². The van der Waals surface area contributed by atoms with Gasteiger partial charge in [-0.1, -0.05) is 53.6 Å². The third-order valence-electron chi connectivity index (χ3n) is 3.70. The van der Waals surface area contributed by atoms with Crippen LogP contribution in [0.1, 0.15) is 11.1 Å². The Morgan fingerprint density at radius 2 is 1.73 bits per heavy atom. The first-order chi connectivity index (χ1) is 10.6. The molecule has 3 rings (SSSR count). The Labute approximate surface area is 135 Å². The fraction of sp³-hybridized carbons (Fsp3) is 0.167. The monoisotopic (exact) mass is 311 g/mol. The van der Waals surface area contributed by atoms with Crippen LogP contribution in [0.4, 0.5) is 5.95 Å². The molecule has 1 heterocycles. The molecule has 1 aromatic heterocycles. The number of benzene rings is 2. The molecule has 0 aliphatic heterocycles. The van der Waals surface area contributed by atoms with Gasteiger partial charge in [0.1, 0.15) is 0 Å². The average molecular weight is 312 g/mol. The van der Waals surface area contributed by atoms with Crippen LogP contribution >= 0.6 is 11.6 Å². The van der Waals surface area contributed by atoms with Crippen LogP contribution < -0.4 is 5.32 Å². The van der Waals surface area contributed by atoms with E-state index in [9.17, 15) is 0 Å². The number of halogens is 1. The summed E-state index contributed by atoms with van der Waals surface area (Å²) < 4.78 is 2.05. The molecule has 22 heavy (non-hydrogen) atoms. The van der Waals surface area contributed by atoms with Gasteiger partial charge in [0.05, 0.1) is 11.9 Å². The van der Waals surface area contributed by atoms with Gasteiger partial charge in [-0.25, -0.2) is 4.98 Å². The molecule has 3 aromatic rings. The Kier molecular flexibility index (Phi) is 4.16. The van der Waals surface area contributed by atoms with Crippen LogP contribution in [0, 0.1) is 6.92 Å². The predicted octanol–water partition coefficient (Wildman–Crippen LogP) is 4.66. The molecule has 0 amide bonds. The fourth-order valence-corrected chi connectivity index (χ4v) is 2.48. The van der Waals surface area contributed by atoms with Crippen molar-refractivity contribution in [1.29, 1.82) is 0 Å². The predicted molar refractivity (Wildman–Crippen MR) is 92.2 cm³/mol. The minimum Gasteiger partial charge on any atom is -0.352 e. The lowest BCUT2D eigenvalue weighted by atomic mass is 10.1. The maximum absolute atomic E-state index is 5.94. The number of hydrogen-bond acceptors (Lipinski definition) is 2. The second-order valence-corrected chi connectivity index (χ2v) is 5.81. The van der Waals surface area contributed by atoms with Crippen LogP contribution in [0.5, 0.6) is 0 Å². The van der Waals surface area contributed by atoms with Crippen LogP contribution in [0.2, 0.25) is 5.02 Å². The van der Waals surface area contributed by atoms with Gasteiger partial charge in [-0.15, -0.1) is 0 Å². The number of aromatic nitrogens is 2. The summed E-state index contributed by atoms with van der Waals surface area (Å²) in [5.41, 5.74) is 4.67. The van der Waals surface area contributed by atoms with E-state index in [1.54, 1.807) is 0 Å². The van der Waals surface area contributed by atoms with Crippen molar-refractivity contribution in [3.05, 3.63) is 70.9 Å². The Hall–Kier alpha value is -2.26. The van der Waals surface area contributed by atoms with E-state index in [1.807, 2.05) is 37.5 Å². The van der Waals surface area contributed by atoms with Gasteiger partial charge in [-0.3, -0.25) is 0 Å². The summed E-state index contributed by atoms with van der Waals surface area (Å²) in [7, 11) is 2.01. The number of rotatable bonds is 4. The van der Waals surface area contributed by atoms with E-state index in [0.717, 1.165) is 28.8 Å². The zero-order chi connectivity index (χ0) is 15.5. The molecule has 0 radical (unpaired) electrons. The third kappa shape index (κ3) is 3.15. The number of aryl methyl sites for hydroxylation is 1. The van der Waals surface area contributed by atoms with E-state index in [-0.39, 0.29) is 0 Å². The maximum Gasteiger partial charge on any atom is 0.203 e. The smallest absolute Gasteiger partial charge is 0.203 e. The van der Waals surface area contributed by atoms with Crippen LogP contribution in [-0.2, 0) is 13.6 Å². The normalized spacial score (nSPS) is 10.7. The molecule has 0 saturated heterocycles. The second-order valence-electron chi connectivity index (χ2n) is 5.37. The molecule has 0 spiro atoms. The molecular weight excluding hydrogens is 294 g/mol. The quantitative estimate of drug-likeness (QED) is 0.759. The summed E-state index contributed by atoms with van der Waals surface area (Å²) in [6, 6.07) is 16.3. The Bertz CT molecular complexity index is 758. The van der Waals surface area contributed by atoms with E-state index < -0.39 is 0 Å². The lowest BCUT2D eigenvalue weighted by Gasteiger charge is -2.09. The van der Waals surface area contributed by atoms with Gasteiger partial charge in [-0.05, 0) is 30.2 Å². The van der Waals surface area contributed by atoms with Gasteiger partial charge in [0, 0.05) is 18.6 Å². The second kappa shape index (κ2) is 6.24. The lowest BCUT2D eigenvalue weighted by molar-refractivity contribution is 0.906. The SMILES string of the molecule is Cc1ccc(CNc2ncc(-c3ccc(Cl)cc3)n2C)cc1. The topological polar surface area (TPSA) is 29.9 Å². The Morgan fingerprint density at radius 1 is 1.05 bits per heavy atom. The zero-order valence-corrected chi connectivity index (χ0v) is 13.4. The molecule has 0 atom stereocenters. The number of nitrogens with zero attached hydrogens (tertiary/aromatic N) is 2. The average Bonchev–Trinajstić information content (AvgIpc) is 2.89. The summed E-state index contributed by atoms with van der Waals surface area (Å²) in [5, 5.41) is 4.12. The lowest BCUT2D eigenvalue weighted by Crippen LogP contribution is -2.05. The van der Waals surface area contributed by atoms with Crippen molar-refractivity contribution in [2.75, 3.05) is 5.32 Å². The molecule has 0 saturated carbocycles. The largest absolute Gasteiger partial charge is 0.352 e. The summed E-state index contributed by atoms with van der Waals surface area (Å²) in [4.78, 5) is 4.47. The minimum atomic E-state index is 0.739. The Morgan fingerprint density at radius 3 is 2.41 bits per heavy atom. The number of hydrogen-bond donors (Lipinski definition) is 1. The first-order valence-electron chi connectivity index (χ1n) is 7.20. The highest BCUT2D eigenvalue weighted by molar-refractivity contribution is 6.30. The molecule has 112 valence electrons. The molecule has 1 N–H and O–H groups in total. The molecule has 2 aromatic carbocycles. The molecular formula is C18H18ClN3. The number of imidazole rings is 1. The highest BCUT2D eigenvalue weighted by atomic mass is 35.5. The standard InChI is InChI=1S/C18H18ClN3/c1-13-3-5-14(6-4-13)11-20-18-21-12-17(22(18)2)15-7-9-16(19)10-8-15/h3-10,12H,11H2,1-2H3,(H,20,21). The molecule has 0 fully saturated rings. The molecule has 0 unspecified atom stereocenters. The van der Waals surface area contributed by atoms with Crippen LogP contribution in [0.3, 0.4) is 0 Å². The van der Waals surface area contributed by atoms with Crippen molar-refractivity contribution in [3.8, 4) is 11.3 Å².